The van der Waals surface area contributed by atoms with Crippen LogP contribution >= 0.6 is 11.3 Å². The number of carboxylic acid groups (broad SMARTS) is 1. The lowest BCUT2D eigenvalue weighted by Gasteiger charge is -2.22. The van der Waals surface area contributed by atoms with E-state index in [9.17, 15) is 33.9 Å². The fraction of sp³-hybridized carbons (Fsp3) is 0.423. The van der Waals surface area contributed by atoms with Gasteiger partial charge in [0.1, 0.15) is 29.9 Å². The first-order chi connectivity index (χ1) is 19.9. The minimum Gasteiger partial charge on any atom is -0.508 e. The average Bonchev–Trinajstić information content (AvgIpc) is 3.41. The van der Waals surface area contributed by atoms with Crippen LogP contribution in [0, 0.1) is 0 Å². The van der Waals surface area contributed by atoms with Crippen molar-refractivity contribution in [2.45, 2.75) is 57.8 Å². The minimum atomic E-state index is -1.43. The van der Waals surface area contributed by atoms with Crippen molar-refractivity contribution in [3.63, 3.8) is 0 Å². The van der Waals surface area contributed by atoms with Crippen LogP contribution in [0.25, 0.3) is 0 Å². The second kappa shape index (κ2) is 16.5. The molecule has 228 valence electrons. The highest BCUT2D eigenvalue weighted by atomic mass is 32.1. The summed E-state index contributed by atoms with van der Waals surface area (Å²) in [4.78, 5) is 76.6. The van der Waals surface area contributed by atoms with Crippen molar-refractivity contribution in [2.24, 2.45) is 0 Å². The summed E-state index contributed by atoms with van der Waals surface area (Å²) < 4.78 is 0. The summed E-state index contributed by atoms with van der Waals surface area (Å²) in [6.45, 7) is 5.10. The standard InChI is InChI=1S/C26H35N7O8S/c1-14(21(36)27-9-4-10-28-25-29-12-19(13-34)42-25)30-22(37)15(2)31-23(38)16(3)32-24(39)20(33-26(40)41)11-17-5-7-18(35)8-6-17/h5-8,12-16,20,33,35H,4,9-11H2,1-3H3,(H,27,36)(H,28,29)(H,30,37)(H,31,38)(H,32,39)(H,40,41). The Morgan fingerprint density at radius 2 is 1.43 bits per heavy atom. The molecule has 42 heavy (non-hydrogen) atoms. The van der Waals surface area contributed by atoms with Gasteiger partial charge in [0.15, 0.2) is 11.4 Å². The number of phenols is 1. The van der Waals surface area contributed by atoms with Crippen LogP contribution < -0.4 is 31.9 Å². The summed E-state index contributed by atoms with van der Waals surface area (Å²) in [6, 6.07) is 1.58. The maximum atomic E-state index is 12.7. The number of nitrogens with zero attached hydrogens (tertiary/aromatic N) is 1. The first-order valence-electron chi connectivity index (χ1n) is 13.0. The van der Waals surface area contributed by atoms with Gasteiger partial charge in [-0.25, -0.2) is 9.78 Å². The number of phenolic OH excluding ortho intramolecular Hbond substituents is 1. The van der Waals surface area contributed by atoms with Gasteiger partial charge in [-0.3, -0.25) is 24.0 Å². The molecule has 0 saturated carbocycles. The van der Waals surface area contributed by atoms with Crippen LogP contribution in [0.1, 0.15) is 42.4 Å². The third-order valence-corrected chi connectivity index (χ3v) is 6.70. The molecule has 0 spiro atoms. The molecule has 0 aliphatic carbocycles. The summed E-state index contributed by atoms with van der Waals surface area (Å²) in [5.74, 6) is -2.50. The third kappa shape index (κ3) is 11.4. The smallest absolute Gasteiger partial charge is 0.405 e. The fourth-order valence-electron chi connectivity index (χ4n) is 3.48. The molecule has 0 saturated heterocycles. The highest BCUT2D eigenvalue weighted by Gasteiger charge is 2.27. The number of amides is 5. The second-order valence-corrected chi connectivity index (χ2v) is 10.4. The number of anilines is 1. The average molecular weight is 606 g/mol. The van der Waals surface area contributed by atoms with Gasteiger partial charge in [0.2, 0.25) is 23.6 Å². The quantitative estimate of drug-likeness (QED) is 0.0941. The van der Waals surface area contributed by atoms with E-state index >= 15 is 0 Å². The van der Waals surface area contributed by atoms with Crippen LogP contribution in [0.2, 0.25) is 0 Å². The summed E-state index contributed by atoms with van der Waals surface area (Å²) in [6.07, 6.45) is 1.27. The van der Waals surface area contributed by atoms with E-state index in [1.54, 1.807) is 0 Å². The van der Waals surface area contributed by atoms with E-state index in [2.05, 4.69) is 36.9 Å². The molecule has 15 nitrogen and oxygen atoms in total. The normalized spacial score (nSPS) is 13.4. The SMILES string of the molecule is CC(NC(=O)C(C)NC(=O)C(C)NC(=O)C(Cc1ccc(O)cc1)NC(=O)O)C(=O)NCCCNc1ncc(C=O)s1. The Hall–Kier alpha value is -4.73. The summed E-state index contributed by atoms with van der Waals surface area (Å²) in [5.41, 5.74) is 0.573. The number of thiazole rings is 1. The predicted molar refractivity (Wildman–Crippen MR) is 153 cm³/mol. The second-order valence-electron chi connectivity index (χ2n) is 9.32. The van der Waals surface area contributed by atoms with Crippen LogP contribution in [-0.4, -0.2) is 88.5 Å². The van der Waals surface area contributed by atoms with Crippen LogP contribution in [0.3, 0.4) is 0 Å². The zero-order valence-corrected chi connectivity index (χ0v) is 24.1. The molecule has 1 aromatic heterocycles. The number of benzene rings is 1. The van der Waals surface area contributed by atoms with Gasteiger partial charge >= 0.3 is 6.09 Å². The van der Waals surface area contributed by atoms with Crippen molar-refractivity contribution in [3.05, 3.63) is 40.9 Å². The largest absolute Gasteiger partial charge is 0.508 e. The van der Waals surface area contributed by atoms with Gasteiger partial charge < -0.3 is 42.1 Å². The van der Waals surface area contributed by atoms with Gasteiger partial charge in [-0.05, 0) is 44.9 Å². The van der Waals surface area contributed by atoms with Gasteiger partial charge in [-0.2, -0.15) is 0 Å². The zero-order valence-electron chi connectivity index (χ0n) is 23.3. The Morgan fingerprint density at radius 3 is 1.98 bits per heavy atom. The summed E-state index contributed by atoms with van der Waals surface area (Å²) in [7, 11) is 0. The van der Waals surface area contributed by atoms with Gasteiger partial charge in [0, 0.05) is 19.5 Å². The molecule has 4 atom stereocenters. The lowest BCUT2D eigenvalue weighted by molar-refractivity contribution is -0.133. The first kappa shape index (κ1) is 33.5. The molecule has 2 rings (SSSR count). The third-order valence-electron chi connectivity index (χ3n) is 5.82. The Labute approximate surface area is 245 Å². The van der Waals surface area contributed by atoms with E-state index in [0.717, 1.165) is 0 Å². The van der Waals surface area contributed by atoms with Crippen LogP contribution in [0.4, 0.5) is 9.93 Å². The molecule has 0 radical (unpaired) electrons. The number of carbonyl (C=O) groups is 6. The van der Waals surface area contributed by atoms with Crippen molar-refractivity contribution in [1.82, 2.24) is 31.6 Å². The molecule has 16 heteroatoms. The first-order valence-corrected chi connectivity index (χ1v) is 13.8. The predicted octanol–water partition coefficient (Wildman–Crippen LogP) is -0.0276. The molecule has 0 bridgehead atoms. The highest BCUT2D eigenvalue weighted by Crippen LogP contribution is 2.15. The molecule has 0 aliphatic heterocycles. The van der Waals surface area contributed by atoms with E-state index in [1.165, 1.54) is 62.6 Å². The van der Waals surface area contributed by atoms with Crippen LogP contribution in [-0.2, 0) is 25.6 Å². The van der Waals surface area contributed by atoms with Gasteiger partial charge in [0.05, 0.1) is 11.1 Å². The number of hydrogen-bond acceptors (Lipinski definition) is 10. The molecule has 1 aromatic carbocycles. The van der Waals surface area contributed by atoms with Crippen molar-refractivity contribution in [1.29, 1.82) is 0 Å². The monoisotopic (exact) mass is 605 g/mol. The van der Waals surface area contributed by atoms with Crippen LogP contribution in [0.5, 0.6) is 5.75 Å². The van der Waals surface area contributed by atoms with Crippen LogP contribution in [0.15, 0.2) is 30.5 Å². The minimum absolute atomic E-state index is 0.0110. The van der Waals surface area contributed by atoms with Crippen molar-refractivity contribution in [3.8, 4) is 5.75 Å². The lowest BCUT2D eigenvalue weighted by atomic mass is 10.0. The molecular weight excluding hydrogens is 570 g/mol. The van der Waals surface area contributed by atoms with E-state index in [4.69, 9.17) is 5.11 Å². The molecule has 1 heterocycles. The number of rotatable bonds is 16. The Morgan fingerprint density at radius 1 is 0.857 bits per heavy atom. The van der Waals surface area contributed by atoms with E-state index < -0.39 is 53.9 Å². The number of nitrogens with one attached hydrogen (secondary N) is 6. The molecule has 8 N–H and O–H groups in total. The molecule has 5 amide bonds. The number of aldehydes is 1. The number of aromatic hydroxyl groups is 1. The Bertz CT molecular complexity index is 1250. The molecule has 0 aliphatic rings. The van der Waals surface area contributed by atoms with Crippen molar-refractivity contribution < 1.29 is 39.0 Å². The zero-order chi connectivity index (χ0) is 31.2. The van der Waals surface area contributed by atoms with Gasteiger partial charge in [-0.1, -0.05) is 23.5 Å². The maximum absolute atomic E-state index is 12.7. The molecule has 0 fully saturated rings. The Balaban J connectivity index is 1.75. The van der Waals surface area contributed by atoms with Gasteiger partial charge in [0.25, 0.3) is 0 Å². The number of carbonyl (C=O) groups excluding carboxylic acids is 5. The number of hydrogen-bond donors (Lipinski definition) is 8. The highest BCUT2D eigenvalue weighted by molar-refractivity contribution is 7.17. The van der Waals surface area contributed by atoms with E-state index in [0.29, 0.717) is 41.4 Å². The molecule has 2 aromatic rings. The van der Waals surface area contributed by atoms with E-state index in [-0.39, 0.29) is 12.2 Å². The topological polar surface area (TPSA) is 228 Å². The molecular formula is C26H35N7O8S. The van der Waals surface area contributed by atoms with Crippen molar-refractivity contribution in [2.75, 3.05) is 18.4 Å². The fourth-order valence-corrected chi connectivity index (χ4v) is 4.14. The number of aromatic nitrogens is 1. The lowest BCUT2D eigenvalue weighted by Crippen LogP contribution is -2.56. The van der Waals surface area contributed by atoms with E-state index in [1.807, 2.05) is 0 Å². The summed E-state index contributed by atoms with van der Waals surface area (Å²) >= 11 is 1.22. The maximum Gasteiger partial charge on any atom is 0.405 e. The summed E-state index contributed by atoms with van der Waals surface area (Å²) in [5, 5.41) is 34.3. The Kier molecular flexibility index (Phi) is 13.2. The van der Waals surface area contributed by atoms with Crippen molar-refractivity contribution >= 4 is 52.5 Å². The van der Waals surface area contributed by atoms with Gasteiger partial charge in [-0.15, -0.1) is 0 Å². The molecule has 4 unspecified atom stereocenters.